The number of carbonyl (C=O) groups is 1. The fraction of sp³-hybridized carbons (Fsp3) is 0.474. The molecule has 0 unspecified atom stereocenters. The summed E-state index contributed by atoms with van der Waals surface area (Å²) in [6.07, 6.45) is 2.49. The van der Waals surface area contributed by atoms with Crippen molar-refractivity contribution in [3.8, 4) is 17.0 Å². The third-order valence-corrected chi connectivity index (χ3v) is 3.92. The van der Waals surface area contributed by atoms with Crippen LogP contribution >= 0.6 is 0 Å². The van der Waals surface area contributed by atoms with Crippen molar-refractivity contribution in [2.45, 2.75) is 19.9 Å². The number of anilines is 1. The number of carbonyl (C=O) groups excluding carboxylic acids is 1. The maximum Gasteiger partial charge on any atom is 0.321 e. The van der Waals surface area contributed by atoms with E-state index >= 15 is 0 Å². The Morgan fingerprint density at radius 2 is 2.11 bits per heavy atom. The number of aromatic nitrogens is 2. The van der Waals surface area contributed by atoms with Gasteiger partial charge in [0.2, 0.25) is 5.95 Å². The molecule has 0 aliphatic carbocycles. The average Bonchev–Trinajstić information content (AvgIpc) is 3.08. The van der Waals surface area contributed by atoms with Crippen molar-refractivity contribution in [3.63, 3.8) is 0 Å². The predicted octanol–water partition coefficient (Wildman–Crippen LogP) is 2.75. The van der Waals surface area contributed by atoms with Gasteiger partial charge >= 0.3 is 6.03 Å². The first-order chi connectivity index (χ1) is 13.2. The van der Waals surface area contributed by atoms with E-state index < -0.39 is 0 Å². The summed E-state index contributed by atoms with van der Waals surface area (Å²) in [5.41, 5.74) is 1.82. The van der Waals surface area contributed by atoms with Crippen LogP contribution < -0.4 is 15.4 Å². The van der Waals surface area contributed by atoms with Gasteiger partial charge in [-0.05, 0) is 25.5 Å². The summed E-state index contributed by atoms with van der Waals surface area (Å²) in [5.74, 6) is 1.22. The Hall–Kier alpha value is -2.58. The molecule has 148 valence electrons. The van der Waals surface area contributed by atoms with Gasteiger partial charge in [-0.25, -0.2) is 9.78 Å². The number of nitrogens with one attached hydrogen (secondary N) is 2. The molecule has 1 aromatic carbocycles. The van der Waals surface area contributed by atoms with E-state index in [0.29, 0.717) is 38.9 Å². The van der Waals surface area contributed by atoms with E-state index in [9.17, 15) is 4.79 Å². The van der Waals surface area contributed by atoms with Crippen molar-refractivity contribution in [1.29, 1.82) is 0 Å². The quantitative estimate of drug-likeness (QED) is 0.589. The van der Waals surface area contributed by atoms with Crippen molar-refractivity contribution in [2.24, 2.45) is 0 Å². The molecular formula is C19H28N4O4. The summed E-state index contributed by atoms with van der Waals surface area (Å²) in [4.78, 5) is 16.5. The highest BCUT2D eigenvalue weighted by Gasteiger charge is 2.14. The lowest BCUT2D eigenvalue weighted by molar-refractivity contribution is 0.145. The molecule has 1 aromatic heterocycles. The topological polar surface area (TPSA) is 86.6 Å². The van der Waals surface area contributed by atoms with E-state index in [2.05, 4.69) is 15.6 Å². The molecule has 27 heavy (non-hydrogen) atoms. The van der Waals surface area contributed by atoms with Crippen LogP contribution in [0.15, 0.2) is 30.5 Å². The average molecular weight is 376 g/mol. The molecule has 0 spiro atoms. The maximum absolute atomic E-state index is 12.1. The van der Waals surface area contributed by atoms with Crippen LogP contribution in [0.2, 0.25) is 0 Å². The Kier molecular flexibility index (Phi) is 8.60. The minimum Gasteiger partial charge on any atom is -0.497 e. The number of nitrogens with zero attached hydrogens (tertiary/aromatic N) is 2. The monoisotopic (exact) mass is 376 g/mol. The number of amides is 2. The minimum absolute atomic E-state index is 0.298. The molecule has 2 rings (SSSR count). The standard InChI is InChI=1S/C19H28N4O4/c1-4-27-11-6-9-20-19(24)22-18-21-14-17(23(18)10-12-25-2)15-7-5-8-16(13-15)26-3/h5,7-8,13-14H,4,6,9-12H2,1-3H3,(H2,20,21,22,24). The van der Waals surface area contributed by atoms with E-state index in [1.54, 1.807) is 20.4 Å². The molecule has 0 aliphatic rings. The molecule has 0 saturated carbocycles. The van der Waals surface area contributed by atoms with Crippen LogP contribution in [0.5, 0.6) is 5.75 Å². The highest BCUT2D eigenvalue weighted by atomic mass is 16.5. The van der Waals surface area contributed by atoms with Crippen LogP contribution in [0.1, 0.15) is 13.3 Å². The Morgan fingerprint density at radius 3 is 2.85 bits per heavy atom. The second kappa shape index (κ2) is 11.2. The first-order valence-electron chi connectivity index (χ1n) is 9.01. The normalized spacial score (nSPS) is 10.6. The van der Waals surface area contributed by atoms with Crippen molar-refractivity contribution in [2.75, 3.05) is 45.9 Å². The number of hydrogen-bond donors (Lipinski definition) is 2. The van der Waals surface area contributed by atoms with Gasteiger partial charge < -0.3 is 24.1 Å². The number of imidazole rings is 1. The largest absolute Gasteiger partial charge is 0.497 e. The van der Waals surface area contributed by atoms with Crippen molar-refractivity contribution in [1.82, 2.24) is 14.9 Å². The Labute approximate surface area is 159 Å². The van der Waals surface area contributed by atoms with E-state index in [0.717, 1.165) is 23.4 Å². The Morgan fingerprint density at radius 1 is 1.26 bits per heavy atom. The lowest BCUT2D eigenvalue weighted by Crippen LogP contribution is -2.31. The van der Waals surface area contributed by atoms with Gasteiger partial charge in [-0.1, -0.05) is 12.1 Å². The first kappa shape index (κ1) is 20.7. The van der Waals surface area contributed by atoms with Gasteiger partial charge in [0.25, 0.3) is 0 Å². The van der Waals surface area contributed by atoms with Gasteiger partial charge in [0.05, 0.1) is 25.6 Å². The second-order valence-electron chi connectivity index (χ2n) is 5.77. The van der Waals surface area contributed by atoms with Gasteiger partial charge in [0.15, 0.2) is 0 Å². The molecule has 2 amide bonds. The summed E-state index contributed by atoms with van der Waals surface area (Å²) >= 11 is 0. The third kappa shape index (κ3) is 6.26. The highest BCUT2D eigenvalue weighted by Crippen LogP contribution is 2.26. The number of methoxy groups -OCH3 is 2. The molecule has 0 bridgehead atoms. The predicted molar refractivity (Wildman–Crippen MR) is 104 cm³/mol. The molecule has 0 fully saturated rings. The van der Waals surface area contributed by atoms with Crippen molar-refractivity contribution < 1.29 is 19.0 Å². The van der Waals surface area contributed by atoms with Crippen LogP contribution in [0.25, 0.3) is 11.3 Å². The molecule has 1 heterocycles. The van der Waals surface area contributed by atoms with Crippen LogP contribution in [-0.2, 0) is 16.0 Å². The van der Waals surface area contributed by atoms with E-state index in [1.807, 2.05) is 35.8 Å². The van der Waals surface area contributed by atoms with Crippen LogP contribution in [-0.4, -0.2) is 56.2 Å². The second-order valence-corrected chi connectivity index (χ2v) is 5.77. The molecule has 2 aromatic rings. The van der Waals surface area contributed by atoms with Crippen molar-refractivity contribution in [3.05, 3.63) is 30.5 Å². The molecule has 0 radical (unpaired) electrons. The SMILES string of the molecule is CCOCCCNC(=O)Nc1ncc(-c2cccc(OC)c2)n1CCOC. The van der Waals surface area contributed by atoms with Crippen LogP contribution in [0, 0.1) is 0 Å². The summed E-state index contributed by atoms with van der Waals surface area (Å²) < 4.78 is 17.7. The number of urea groups is 1. The molecule has 8 heteroatoms. The number of ether oxygens (including phenoxy) is 3. The summed E-state index contributed by atoms with van der Waals surface area (Å²) in [7, 11) is 3.27. The number of rotatable bonds is 11. The van der Waals surface area contributed by atoms with E-state index in [-0.39, 0.29) is 6.03 Å². The smallest absolute Gasteiger partial charge is 0.321 e. The molecule has 8 nitrogen and oxygen atoms in total. The molecular weight excluding hydrogens is 348 g/mol. The van der Waals surface area contributed by atoms with Gasteiger partial charge in [-0.3, -0.25) is 5.32 Å². The fourth-order valence-electron chi connectivity index (χ4n) is 2.56. The number of benzene rings is 1. The summed E-state index contributed by atoms with van der Waals surface area (Å²) in [6, 6.07) is 7.40. The Bertz CT molecular complexity index is 717. The highest BCUT2D eigenvalue weighted by molar-refractivity contribution is 5.88. The third-order valence-electron chi connectivity index (χ3n) is 3.92. The summed E-state index contributed by atoms with van der Waals surface area (Å²) in [5, 5.41) is 5.61. The molecule has 2 N–H and O–H groups in total. The maximum atomic E-state index is 12.1. The fourth-order valence-corrected chi connectivity index (χ4v) is 2.56. The molecule has 0 saturated heterocycles. The molecule has 0 aliphatic heterocycles. The van der Waals surface area contributed by atoms with Crippen molar-refractivity contribution >= 4 is 12.0 Å². The summed E-state index contributed by atoms with van der Waals surface area (Å²) in [6.45, 7) is 4.84. The van der Waals surface area contributed by atoms with Crippen LogP contribution in [0.3, 0.4) is 0 Å². The minimum atomic E-state index is -0.298. The number of hydrogen-bond acceptors (Lipinski definition) is 5. The Balaban J connectivity index is 2.09. The van der Waals surface area contributed by atoms with Gasteiger partial charge in [-0.15, -0.1) is 0 Å². The first-order valence-corrected chi connectivity index (χ1v) is 9.01. The molecule has 0 atom stereocenters. The van der Waals surface area contributed by atoms with Gasteiger partial charge in [-0.2, -0.15) is 0 Å². The van der Waals surface area contributed by atoms with E-state index in [4.69, 9.17) is 14.2 Å². The van der Waals surface area contributed by atoms with Gasteiger partial charge in [0.1, 0.15) is 5.75 Å². The lowest BCUT2D eigenvalue weighted by atomic mass is 10.1. The zero-order chi connectivity index (χ0) is 19.5. The van der Waals surface area contributed by atoms with E-state index in [1.165, 1.54) is 0 Å². The lowest BCUT2D eigenvalue weighted by Gasteiger charge is -2.13. The zero-order valence-electron chi connectivity index (χ0n) is 16.2. The van der Waals surface area contributed by atoms with Crippen LogP contribution in [0.4, 0.5) is 10.7 Å². The van der Waals surface area contributed by atoms with Gasteiger partial charge in [0, 0.05) is 39.0 Å². The zero-order valence-corrected chi connectivity index (χ0v) is 16.2.